The summed E-state index contributed by atoms with van der Waals surface area (Å²) in [6.45, 7) is 8.91. The second-order valence-corrected chi connectivity index (χ2v) is 7.76. The third-order valence-corrected chi connectivity index (χ3v) is 4.56. The Morgan fingerprint density at radius 3 is 2.52 bits per heavy atom. The number of aliphatic hydroxyl groups is 1. The lowest BCUT2D eigenvalue weighted by atomic mass is 9.90. The zero-order chi connectivity index (χ0) is 18.6. The molecule has 3 heterocycles. The first-order valence-electron chi connectivity index (χ1n) is 8.40. The molecule has 0 radical (unpaired) electrons. The van der Waals surface area contributed by atoms with E-state index in [1.807, 2.05) is 13.8 Å². The van der Waals surface area contributed by atoms with Crippen LogP contribution in [0.4, 0.5) is 0 Å². The number of rotatable bonds is 4. The first kappa shape index (κ1) is 18.8. The molecule has 3 aliphatic heterocycles. The van der Waals surface area contributed by atoms with Gasteiger partial charge in [-0.25, -0.2) is 4.79 Å². The van der Waals surface area contributed by atoms with Crippen LogP contribution in [0.3, 0.4) is 0 Å². The minimum absolute atomic E-state index is 0.0733. The molecule has 0 aromatic rings. The Bertz CT molecular complexity index is 583. The van der Waals surface area contributed by atoms with Gasteiger partial charge in [0.25, 0.3) is 0 Å². The molecule has 0 spiro atoms. The third kappa shape index (κ3) is 3.47. The predicted octanol–water partition coefficient (Wildman–Crippen LogP) is 1.17. The largest absolute Gasteiger partial charge is 0.478 e. The predicted molar refractivity (Wildman–Crippen MR) is 84.6 cm³/mol. The van der Waals surface area contributed by atoms with Crippen LogP contribution in [0.15, 0.2) is 11.6 Å². The summed E-state index contributed by atoms with van der Waals surface area (Å²) in [4.78, 5) is 10.8. The van der Waals surface area contributed by atoms with E-state index in [1.54, 1.807) is 20.8 Å². The Balaban J connectivity index is 1.88. The molecule has 142 valence electrons. The first-order valence-corrected chi connectivity index (χ1v) is 8.40. The maximum absolute atomic E-state index is 10.8. The summed E-state index contributed by atoms with van der Waals surface area (Å²) in [6.07, 6.45) is -1.47. The van der Waals surface area contributed by atoms with Crippen LogP contribution in [0.5, 0.6) is 0 Å². The van der Waals surface area contributed by atoms with Gasteiger partial charge in [0.2, 0.25) is 5.79 Å². The maximum Gasteiger partial charge on any atom is 0.328 e. The summed E-state index contributed by atoms with van der Waals surface area (Å²) in [7, 11) is 0. The smallest absolute Gasteiger partial charge is 0.328 e. The second-order valence-electron chi connectivity index (χ2n) is 7.76. The van der Waals surface area contributed by atoms with Gasteiger partial charge in [0.1, 0.15) is 24.4 Å². The highest BCUT2D eigenvalue weighted by Gasteiger charge is 2.67. The van der Waals surface area contributed by atoms with Crippen LogP contribution < -0.4 is 0 Å². The average Bonchev–Trinajstić information content (AvgIpc) is 2.89. The summed E-state index contributed by atoms with van der Waals surface area (Å²) in [6, 6.07) is 0. The van der Waals surface area contributed by atoms with Crippen LogP contribution in [0.25, 0.3) is 0 Å². The van der Waals surface area contributed by atoms with Gasteiger partial charge >= 0.3 is 5.97 Å². The Kier molecular flexibility index (Phi) is 4.50. The fraction of sp³-hybridized carbons (Fsp3) is 0.824. The van der Waals surface area contributed by atoms with E-state index in [2.05, 4.69) is 0 Å². The van der Waals surface area contributed by atoms with Crippen LogP contribution in [-0.4, -0.2) is 64.6 Å². The van der Waals surface area contributed by atoms with Crippen molar-refractivity contribution in [3.05, 3.63) is 11.6 Å². The third-order valence-electron chi connectivity index (χ3n) is 4.56. The van der Waals surface area contributed by atoms with E-state index in [-0.39, 0.29) is 19.1 Å². The topological polar surface area (TPSA) is 104 Å². The number of carbonyl (C=O) groups is 1. The first-order chi connectivity index (χ1) is 11.4. The van der Waals surface area contributed by atoms with Gasteiger partial charge in [-0.1, -0.05) is 5.57 Å². The molecule has 0 amide bonds. The minimum Gasteiger partial charge on any atom is -0.478 e. The van der Waals surface area contributed by atoms with Gasteiger partial charge in [-0.15, -0.1) is 0 Å². The SMILES string of the molecule is C/C(=C\C(=O)O)CC(O)[C@@]12OC[C@H]3OC(C)(C)O[C@H]3[C@@H]1OC(C)(C)O2. The molecule has 1 unspecified atom stereocenters. The normalized spacial score (nSPS) is 40.4. The molecule has 0 aromatic carbocycles. The molecule has 8 nitrogen and oxygen atoms in total. The highest BCUT2D eigenvalue weighted by Crippen LogP contribution is 2.49. The number of hydrogen-bond donors (Lipinski definition) is 2. The number of fused-ring (bicyclic) bond motifs is 3. The van der Waals surface area contributed by atoms with Crippen molar-refractivity contribution in [3.8, 4) is 0 Å². The lowest BCUT2D eigenvalue weighted by molar-refractivity contribution is -0.317. The number of carboxylic acid groups (broad SMARTS) is 1. The Hall–Kier alpha value is -1.03. The van der Waals surface area contributed by atoms with Gasteiger partial charge in [0.05, 0.1) is 6.61 Å². The summed E-state index contributed by atoms with van der Waals surface area (Å²) in [5, 5.41) is 19.7. The molecule has 0 saturated carbocycles. The molecule has 0 bridgehead atoms. The maximum atomic E-state index is 10.8. The van der Waals surface area contributed by atoms with Gasteiger partial charge in [-0.05, 0) is 41.0 Å². The summed E-state index contributed by atoms with van der Waals surface area (Å²) in [5.41, 5.74) is 0.496. The van der Waals surface area contributed by atoms with Crippen LogP contribution in [0.1, 0.15) is 41.0 Å². The standard InChI is InChI=1S/C17H26O8/c1-9(7-12(19)20)6-11(18)17-14(24-16(4,5)25-17)13-10(8-21-17)22-15(2,3)23-13/h7,10-11,13-14,18H,6,8H2,1-5H3,(H,19,20)/b9-7+/t10-,11?,13-,14+,17+/m1/s1. The Labute approximate surface area is 146 Å². The van der Waals surface area contributed by atoms with Crippen LogP contribution in [0.2, 0.25) is 0 Å². The average molecular weight is 358 g/mol. The van der Waals surface area contributed by atoms with Crippen molar-refractivity contribution in [2.45, 2.75) is 82.8 Å². The molecular weight excluding hydrogens is 332 g/mol. The summed E-state index contributed by atoms with van der Waals surface area (Å²) < 4.78 is 29.7. The van der Waals surface area contributed by atoms with Crippen molar-refractivity contribution >= 4 is 5.97 Å². The lowest BCUT2D eigenvalue weighted by Crippen LogP contribution is -2.63. The number of aliphatic hydroxyl groups excluding tert-OH is 1. The van der Waals surface area contributed by atoms with Crippen molar-refractivity contribution in [1.82, 2.24) is 0 Å². The zero-order valence-corrected chi connectivity index (χ0v) is 15.1. The molecule has 3 aliphatic rings. The molecular formula is C17H26O8. The molecule has 8 heteroatoms. The zero-order valence-electron chi connectivity index (χ0n) is 15.1. The number of hydrogen-bond acceptors (Lipinski definition) is 7. The van der Waals surface area contributed by atoms with Crippen LogP contribution in [-0.2, 0) is 28.5 Å². The monoisotopic (exact) mass is 358 g/mol. The van der Waals surface area contributed by atoms with Crippen molar-refractivity contribution in [1.29, 1.82) is 0 Å². The van der Waals surface area contributed by atoms with Gasteiger partial charge in [-0.3, -0.25) is 0 Å². The van der Waals surface area contributed by atoms with Crippen molar-refractivity contribution in [3.63, 3.8) is 0 Å². The van der Waals surface area contributed by atoms with Crippen LogP contribution >= 0.6 is 0 Å². The highest BCUT2D eigenvalue weighted by atomic mass is 16.9. The van der Waals surface area contributed by atoms with Gasteiger partial charge in [-0.2, -0.15) is 0 Å². The van der Waals surface area contributed by atoms with Crippen molar-refractivity contribution < 1.29 is 38.7 Å². The number of carboxylic acids is 1. The Morgan fingerprint density at radius 2 is 1.88 bits per heavy atom. The lowest BCUT2D eigenvalue weighted by Gasteiger charge is -2.43. The second kappa shape index (κ2) is 6.00. The quantitative estimate of drug-likeness (QED) is 0.722. The minimum atomic E-state index is -1.44. The molecule has 5 atom stereocenters. The van der Waals surface area contributed by atoms with E-state index in [1.165, 1.54) is 0 Å². The molecule has 0 aromatic heterocycles. The molecule has 3 fully saturated rings. The summed E-state index contributed by atoms with van der Waals surface area (Å²) >= 11 is 0. The van der Waals surface area contributed by atoms with E-state index >= 15 is 0 Å². The fourth-order valence-electron chi connectivity index (χ4n) is 3.79. The summed E-state index contributed by atoms with van der Waals surface area (Å²) in [5.74, 6) is -4.28. The highest BCUT2D eigenvalue weighted by molar-refractivity contribution is 5.80. The van der Waals surface area contributed by atoms with Crippen molar-refractivity contribution in [2.24, 2.45) is 0 Å². The van der Waals surface area contributed by atoms with E-state index in [4.69, 9.17) is 28.8 Å². The molecule has 0 aliphatic carbocycles. The number of aliphatic carboxylic acids is 1. The van der Waals surface area contributed by atoms with E-state index in [0.717, 1.165) is 6.08 Å². The van der Waals surface area contributed by atoms with Gasteiger partial charge in [0, 0.05) is 6.08 Å². The van der Waals surface area contributed by atoms with Gasteiger partial charge < -0.3 is 33.9 Å². The Morgan fingerprint density at radius 1 is 1.20 bits per heavy atom. The van der Waals surface area contributed by atoms with E-state index in [0.29, 0.717) is 5.57 Å². The molecule has 3 saturated heterocycles. The van der Waals surface area contributed by atoms with Crippen LogP contribution in [0, 0.1) is 0 Å². The van der Waals surface area contributed by atoms with Crippen molar-refractivity contribution in [2.75, 3.05) is 6.61 Å². The van der Waals surface area contributed by atoms with Gasteiger partial charge in [0.15, 0.2) is 11.6 Å². The molecule has 2 N–H and O–H groups in total. The molecule has 25 heavy (non-hydrogen) atoms. The van der Waals surface area contributed by atoms with E-state index < -0.39 is 41.6 Å². The fourth-order valence-corrected chi connectivity index (χ4v) is 3.79. The van der Waals surface area contributed by atoms with E-state index in [9.17, 15) is 9.90 Å². The number of ether oxygens (including phenoxy) is 5. The molecule has 3 rings (SSSR count).